The zero-order valence-electron chi connectivity index (χ0n) is 12.3. The summed E-state index contributed by atoms with van der Waals surface area (Å²) in [5.74, 6) is -0.672. The molecule has 0 fully saturated rings. The molecule has 0 bridgehead atoms. The van der Waals surface area contributed by atoms with E-state index in [1.165, 1.54) is 5.56 Å². The minimum absolute atomic E-state index is 0.188. The Balaban J connectivity index is 1.93. The maximum Gasteiger partial charge on any atom is 0.356 e. The minimum atomic E-state index is -0.945. The standard InChI is InChI=1S/C17H19ClN2O2/c18-13-7-4-5-11(10-13)9-12-6-2-1-3-8-14-15(12)19-20-16(14)17(21)22/h4-5,7,10,12H,1-3,6,8-9H2,(H,19,20)(H,21,22)/t12-/m1/s1. The third kappa shape index (κ3) is 3.17. The number of hydrogen-bond acceptors (Lipinski definition) is 2. The summed E-state index contributed by atoms with van der Waals surface area (Å²) >= 11 is 6.07. The summed E-state index contributed by atoms with van der Waals surface area (Å²) in [6.45, 7) is 0. The lowest BCUT2D eigenvalue weighted by atomic mass is 9.85. The molecule has 0 saturated carbocycles. The van der Waals surface area contributed by atoms with Gasteiger partial charge in [0, 0.05) is 22.2 Å². The van der Waals surface area contributed by atoms with Gasteiger partial charge in [-0.15, -0.1) is 0 Å². The van der Waals surface area contributed by atoms with Crippen LogP contribution >= 0.6 is 11.6 Å². The Kier molecular flexibility index (Phi) is 4.48. The zero-order chi connectivity index (χ0) is 15.5. The third-order valence-electron chi connectivity index (χ3n) is 4.36. The van der Waals surface area contributed by atoms with Crippen LogP contribution in [0.1, 0.15) is 58.9 Å². The van der Waals surface area contributed by atoms with Gasteiger partial charge in [0.15, 0.2) is 5.69 Å². The first-order valence-corrected chi connectivity index (χ1v) is 8.08. The molecule has 5 heteroatoms. The van der Waals surface area contributed by atoms with E-state index < -0.39 is 5.97 Å². The van der Waals surface area contributed by atoms with Gasteiger partial charge in [-0.3, -0.25) is 5.10 Å². The molecular weight excluding hydrogens is 300 g/mol. The van der Waals surface area contributed by atoms with E-state index >= 15 is 0 Å². The zero-order valence-corrected chi connectivity index (χ0v) is 13.1. The van der Waals surface area contributed by atoms with E-state index in [2.05, 4.69) is 16.3 Å². The Morgan fingerprint density at radius 2 is 2.23 bits per heavy atom. The van der Waals surface area contributed by atoms with Gasteiger partial charge in [-0.25, -0.2) is 4.79 Å². The average molecular weight is 319 g/mol. The predicted molar refractivity (Wildman–Crippen MR) is 85.6 cm³/mol. The van der Waals surface area contributed by atoms with Gasteiger partial charge in [-0.2, -0.15) is 5.10 Å². The van der Waals surface area contributed by atoms with Crippen molar-refractivity contribution in [2.24, 2.45) is 0 Å². The van der Waals surface area contributed by atoms with Gasteiger partial charge in [0.05, 0.1) is 0 Å². The molecule has 0 aliphatic heterocycles. The van der Waals surface area contributed by atoms with Crippen LogP contribution in [0, 0.1) is 0 Å². The molecule has 1 aromatic heterocycles. The molecule has 0 spiro atoms. The SMILES string of the molecule is O=C(O)c1n[nH]c2c1CCCCC[C@@H]2Cc1cccc(Cl)c1. The molecule has 2 N–H and O–H groups in total. The summed E-state index contributed by atoms with van der Waals surface area (Å²) in [5, 5.41) is 17.1. The molecule has 1 aromatic carbocycles. The molecule has 22 heavy (non-hydrogen) atoms. The monoisotopic (exact) mass is 318 g/mol. The Bertz CT molecular complexity index is 681. The van der Waals surface area contributed by atoms with Crippen LogP contribution in [0.5, 0.6) is 0 Å². The van der Waals surface area contributed by atoms with E-state index in [1.54, 1.807) is 0 Å². The van der Waals surface area contributed by atoms with Crippen LogP contribution < -0.4 is 0 Å². The fraction of sp³-hybridized carbons (Fsp3) is 0.412. The summed E-state index contributed by atoms with van der Waals surface area (Å²) in [6, 6.07) is 7.87. The summed E-state index contributed by atoms with van der Waals surface area (Å²) in [5.41, 5.74) is 3.25. The second-order valence-corrected chi connectivity index (χ2v) is 6.34. The molecule has 3 rings (SSSR count). The van der Waals surface area contributed by atoms with E-state index in [-0.39, 0.29) is 11.6 Å². The van der Waals surface area contributed by atoms with Crippen LogP contribution in [0.2, 0.25) is 5.02 Å². The molecule has 4 nitrogen and oxygen atoms in total. The van der Waals surface area contributed by atoms with E-state index in [4.69, 9.17) is 11.6 Å². The summed E-state index contributed by atoms with van der Waals surface area (Å²) in [6.07, 6.45) is 6.01. The maximum absolute atomic E-state index is 11.3. The van der Waals surface area contributed by atoms with Crippen molar-refractivity contribution in [1.29, 1.82) is 0 Å². The summed E-state index contributed by atoms with van der Waals surface area (Å²) < 4.78 is 0. The first-order valence-electron chi connectivity index (χ1n) is 7.70. The Morgan fingerprint density at radius 1 is 1.36 bits per heavy atom. The first-order chi connectivity index (χ1) is 10.6. The smallest absolute Gasteiger partial charge is 0.356 e. The van der Waals surface area contributed by atoms with Crippen LogP contribution in [0.4, 0.5) is 0 Å². The second-order valence-electron chi connectivity index (χ2n) is 5.90. The van der Waals surface area contributed by atoms with Crippen LogP contribution in [0.15, 0.2) is 24.3 Å². The normalized spacial score (nSPS) is 18.3. The highest BCUT2D eigenvalue weighted by Crippen LogP contribution is 2.33. The number of fused-ring (bicyclic) bond motifs is 1. The number of carboxylic acids is 1. The molecule has 1 atom stereocenters. The van der Waals surface area contributed by atoms with Gasteiger partial charge >= 0.3 is 5.97 Å². The lowest BCUT2D eigenvalue weighted by molar-refractivity contribution is 0.0689. The van der Waals surface area contributed by atoms with Crippen LogP contribution in [0.25, 0.3) is 0 Å². The number of nitrogens with zero attached hydrogens (tertiary/aromatic N) is 1. The highest BCUT2D eigenvalue weighted by atomic mass is 35.5. The van der Waals surface area contributed by atoms with Crippen molar-refractivity contribution in [2.75, 3.05) is 0 Å². The van der Waals surface area contributed by atoms with Crippen LogP contribution in [-0.2, 0) is 12.8 Å². The topological polar surface area (TPSA) is 66.0 Å². The predicted octanol–water partition coefficient (Wildman–Crippen LogP) is 4.20. The number of benzene rings is 1. The van der Waals surface area contributed by atoms with Gasteiger partial charge < -0.3 is 5.11 Å². The van der Waals surface area contributed by atoms with E-state index in [0.717, 1.165) is 54.8 Å². The fourth-order valence-electron chi connectivity index (χ4n) is 3.31. The number of rotatable bonds is 3. The Morgan fingerprint density at radius 3 is 3.00 bits per heavy atom. The molecule has 2 aromatic rings. The lowest BCUT2D eigenvalue weighted by Crippen LogP contribution is -2.11. The van der Waals surface area contributed by atoms with Crippen molar-refractivity contribution in [2.45, 2.75) is 44.4 Å². The molecule has 0 unspecified atom stereocenters. The van der Waals surface area contributed by atoms with E-state index in [9.17, 15) is 9.90 Å². The van der Waals surface area contributed by atoms with Crippen molar-refractivity contribution in [3.05, 3.63) is 51.8 Å². The van der Waals surface area contributed by atoms with Gasteiger partial charge in [0.2, 0.25) is 0 Å². The highest BCUT2D eigenvalue weighted by molar-refractivity contribution is 6.30. The van der Waals surface area contributed by atoms with Crippen molar-refractivity contribution < 1.29 is 9.90 Å². The van der Waals surface area contributed by atoms with Crippen LogP contribution in [-0.4, -0.2) is 21.3 Å². The maximum atomic E-state index is 11.3. The summed E-state index contributed by atoms with van der Waals surface area (Å²) in [4.78, 5) is 11.3. The molecule has 1 aliphatic rings. The number of carbonyl (C=O) groups is 1. The van der Waals surface area contributed by atoms with Gasteiger partial charge in [0.1, 0.15) is 0 Å². The van der Waals surface area contributed by atoms with Crippen LogP contribution in [0.3, 0.4) is 0 Å². The van der Waals surface area contributed by atoms with Crippen molar-refractivity contribution in [3.63, 3.8) is 0 Å². The van der Waals surface area contributed by atoms with Gasteiger partial charge in [0.25, 0.3) is 0 Å². The number of aromatic nitrogens is 2. The minimum Gasteiger partial charge on any atom is -0.476 e. The molecule has 0 amide bonds. The largest absolute Gasteiger partial charge is 0.476 e. The second kappa shape index (κ2) is 6.53. The molecule has 0 radical (unpaired) electrons. The number of aromatic carboxylic acids is 1. The van der Waals surface area contributed by atoms with Gasteiger partial charge in [-0.05, 0) is 43.4 Å². The third-order valence-corrected chi connectivity index (χ3v) is 4.60. The van der Waals surface area contributed by atoms with Crippen molar-refractivity contribution in [3.8, 4) is 0 Å². The molecular formula is C17H19ClN2O2. The number of carboxylic acid groups (broad SMARTS) is 1. The number of H-pyrrole nitrogens is 1. The Hall–Kier alpha value is -1.81. The molecule has 0 saturated heterocycles. The molecule has 1 aliphatic carbocycles. The Labute approximate surface area is 134 Å². The van der Waals surface area contributed by atoms with Crippen molar-refractivity contribution >= 4 is 17.6 Å². The van der Waals surface area contributed by atoms with Gasteiger partial charge in [-0.1, -0.05) is 36.6 Å². The fourth-order valence-corrected chi connectivity index (χ4v) is 3.53. The average Bonchev–Trinajstić information content (AvgIpc) is 2.86. The lowest BCUT2D eigenvalue weighted by Gasteiger charge is -2.20. The number of nitrogens with one attached hydrogen (secondary N) is 1. The molecule has 1 heterocycles. The molecule has 116 valence electrons. The first kappa shape index (κ1) is 15.1. The quantitative estimate of drug-likeness (QED) is 0.891. The number of hydrogen-bond donors (Lipinski definition) is 2. The number of halogens is 1. The highest BCUT2D eigenvalue weighted by Gasteiger charge is 2.25. The van der Waals surface area contributed by atoms with E-state index in [1.807, 2.05) is 18.2 Å². The number of aromatic amines is 1. The van der Waals surface area contributed by atoms with E-state index in [0.29, 0.717) is 0 Å². The summed E-state index contributed by atoms with van der Waals surface area (Å²) in [7, 11) is 0. The van der Waals surface area contributed by atoms with Crippen molar-refractivity contribution in [1.82, 2.24) is 10.2 Å².